The first-order valence-corrected chi connectivity index (χ1v) is 8.72. The van der Waals surface area contributed by atoms with Crippen molar-refractivity contribution in [3.63, 3.8) is 0 Å². The molecular weight excluding hydrogens is 290 g/mol. The topological polar surface area (TPSA) is 66.8 Å². The van der Waals surface area contributed by atoms with E-state index in [1.807, 2.05) is 0 Å². The Morgan fingerprint density at radius 3 is 2.52 bits per heavy atom. The predicted octanol–water partition coefficient (Wildman–Crippen LogP) is 1.27. The second-order valence-corrected chi connectivity index (χ2v) is 7.51. The summed E-state index contributed by atoms with van der Waals surface area (Å²) in [6.45, 7) is 1.58. The summed E-state index contributed by atoms with van der Waals surface area (Å²) in [6, 6.07) is 6.64. The summed E-state index contributed by atoms with van der Waals surface area (Å²) in [5.41, 5.74) is 0.923. The van der Waals surface area contributed by atoms with E-state index in [1.165, 1.54) is 17.1 Å². The molecule has 0 heterocycles. The Hall–Kier alpha value is -0.950. The standard InChI is InChI=1S/C15H23NO4S/c1-16(9-11-20-12-14-2-3-14)21(18,19)15-6-4-13(5-7-15)8-10-17/h4-7,14,17H,2-3,8-12H2,1H3. The van der Waals surface area contributed by atoms with E-state index in [0.717, 1.165) is 12.2 Å². The third kappa shape index (κ3) is 4.78. The normalized spacial score (nSPS) is 15.6. The van der Waals surface area contributed by atoms with Gasteiger partial charge < -0.3 is 9.84 Å². The van der Waals surface area contributed by atoms with Crippen molar-refractivity contribution in [1.82, 2.24) is 4.31 Å². The minimum Gasteiger partial charge on any atom is -0.396 e. The van der Waals surface area contributed by atoms with Gasteiger partial charge in [0.2, 0.25) is 10.0 Å². The summed E-state index contributed by atoms with van der Waals surface area (Å²) in [7, 11) is -1.90. The number of ether oxygens (including phenoxy) is 1. The maximum absolute atomic E-state index is 12.4. The van der Waals surface area contributed by atoms with Crippen LogP contribution in [0.25, 0.3) is 0 Å². The predicted molar refractivity (Wildman–Crippen MR) is 80.6 cm³/mol. The van der Waals surface area contributed by atoms with Gasteiger partial charge in [-0.3, -0.25) is 0 Å². The molecule has 1 N–H and O–H groups in total. The van der Waals surface area contributed by atoms with E-state index in [-0.39, 0.29) is 11.5 Å². The molecule has 0 atom stereocenters. The largest absolute Gasteiger partial charge is 0.396 e. The van der Waals surface area contributed by atoms with Gasteiger partial charge in [0.25, 0.3) is 0 Å². The monoisotopic (exact) mass is 313 g/mol. The van der Waals surface area contributed by atoms with Crippen molar-refractivity contribution in [2.24, 2.45) is 5.92 Å². The molecule has 1 aromatic rings. The van der Waals surface area contributed by atoms with Crippen molar-refractivity contribution < 1.29 is 18.3 Å². The molecule has 0 saturated heterocycles. The van der Waals surface area contributed by atoms with Crippen LogP contribution in [0.3, 0.4) is 0 Å². The highest BCUT2D eigenvalue weighted by atomic mass is 32.2. The molecule has 1 aliphatic carbocycles. The number of aliphatic hydroxyl groups excluding tert-OH is 1. The first-order valence-electron chi connectivity index (χ1n) is 7.28. The lowest BCUT2D eigenvalue weighted by molar-refractivity contribution is 0.117. The lowest BCUT2D eigenvalue weighted by Crippen LogP contribution is -2.30. The van der Waals surface area contributed by atoms with Gasteiger partial charge in [-0.25, -0.2) is 8.42 Å². The van der Waals surface area contributed by atoms with Crippen molar-refractivity contribution in [3.05, 3.63) is 29.8 Å². The molecule has 1 saturated carbocycles. The summed E-state index contributed by atoms with van der Waals surface area (Å²) in [4.78, 5) is 0.272. The highest BCUT2D eigenvalue weighted by Crippen LogP contribution is 2.28. The van der Waals surface area contributed by atoms with Crippen LogP contribution < -0.4 is 0 Å². The molecule has 0 unspecified atom stereocenters. The average molecular weight is 313 g/mol. The summed E-state index contributed by atoms with van der Waals surface area (Å²) >= 11 is 0. The Kier molecular flexibility index (Phi) is 5.75. The highest BCUT2D eigenvalue weighted by molar-refractivity contribution is 7.89. The minimum atomic E-state index is -3.46. The Morgan fingerprint density at radius 2 is 1.95 bits per heavy atom. The van der Waals surface area contributed by atoms with Gasteiger partial charge in [-0.2, -0.15) is 4.31 Å². The molecule has 0 amide bonds. The number of likely N-dealkylation sites (N-methyl/N-ethyl adjacent to an activating group) is 1. The van der Waals surface area contributed by atoms with Crippen LogP contribution in [0.15, 0.2) is 29.2 Å². The van der Waals surface area contributed by atoms with Gasteiger partial charge in [0.15, 0.2) is 0 Å². The molecule has 1 aromatic carbocycles. The van der Waals surface area contributed by atoms with Crippen LogP contribution in [0.4, 0.5) is 0 Å². The van der Waals surface area contributed by atoms with Crippen LogP contribution in [-0.4, -0.2) is 51.2 Å². The van der Waals surface area contributed by atoms with Gasteiger partial charge in [-0.05, 0) is 42.9 Å². The number of hydrogen-bond acceptors (Lipinski definition) is 4. The van der Waals surface area contributed by atoms with E-state index in [4.69, 9.17) is 9.84 Å². The van der Waals surface area contributed by atoms with Crippen LogP contribution in [0.2, 0.25) is 0 Å². The molecule has 118 valence electrons. The van der Waals surface area contributed by atoms with E-state index in [0.29, 0.717) is 25.5 Å². The Morgan fingerprint density at radius 1 is 1.29 bits per heavy atom. The van der Waals surface area contributed by atoms with E-state index in [2.05, 4.69) is 0 Å². The maximum Gasteiger partial charge on any atom is 0.242 e. The van der Waals surface area contributed by atoms with Crippen molar-refractivity contribution in [2.75, 3.05) is 33.4 Å². The Bertz CT molecular complexity index is 537. The number of benzene rings is 1. The van der Waals surface area contributed by atoms with Gasteiger partial charge in [0.1, 0.15) is 0 Å². The summed E-state index contributed by atoms with van der Waals surface area (Å²) in [5.74, 6) is 0.686. The highest BCUT2D eigenvalue weighted by Gasteiger charge is 2.23. The van der Waals surface area contributed by atoms with Gasteiger partial charge in [0.05, 0.1) is 11.5 Å². The third-order valence-electron chi connectivity index (χ3n) is 3.63. The lowest BCUT2D eigenvalue weighted by Gasteiger charge is -2.17. The lowest BCUT2D eigenvalue weighted by atomic mass is 10.2. The van der Waals surface area contributed by atoms with E-state index in [9.17, 15) is 8.42 Å². The average Bonchev–Trinajstić information content (AvgIpc) is 3.28. The maximum atomic E-state index is 12.4. The first kappa shape index (κ1) is 16.4. The fourth-order valence-corrected chi connectivity index (χ4v) is 3.14. The zero-order valence-corrected chi connectivity index (χ0v) is 13.2. The van der Waals surface area contributed by atoms with Gasteiger partial charge in [-0.1, -0.05) is 12.1 Å². The molecule has 0 aromatic heterocycles. The molecule has 5 nitrogen and oxygen atoms in total. The van der Waals surface area contributed by atoms with Crippen LogP contribution in [0.1, 0.15) is 18.4 Å². The number of sulfonamides is 1. The van der Waals surface area contributed by atoms with E-state index in [1.54, 1.807) is 31.3 Å². The molecule has 0 spiro atoms. The van der Waals surface area contributed by atoms with Crippen molar-refractivity contribution >= 4 is 10.0 Å². The van der Waals surface area contributed by atoms with Crippen molar-refractivity contribution in [2.45, 2.75) is 24.2 Å². The van der Waals surface area contributed by atoms with Crippen LogP contribution in [-0.2, 0) is 21.2 Å². The zero-order chi connectivity index (χ0) is 15.3. The fraction of sp³-hybridized carbons (Fsp3) is 0.600. The van der Waals surface area contributed by atoms with Gasteiger partial charge in [0, 0.05) is 26.8 Å². The SMILES string of the molecule is CN(CCOCC1CC1)S(=O)(=O)c1ccc(CCO)cc1. The number of hydrogen-bond donors (Lipinski definition) is 1. The molecule has 6 heteroatoms. The van der Waals surface area contributed by atoms with E-state index >= 15 is 0 Å². The van der Waals surface area contributed by atoms with E-state index < -0.39 is 10.0 Å². The van der Waals surface area contributed by atoms with Gasteiger partial charge >= 0.3 is 0 Å². The molecule has 1 aliphatic rings. The smallest absolute Gasteiger partial charge is 0.242 e. The molecule has 21 heavy (non-hydrogen) atoms. The Balaban J connectivity index is 1.88. The second-order valence-electron chi connectivity index (χ2n) is 5.46. The Labute approximate surface area is 126 Å². The molecular formula is C15H23NO4S. The van der Waals surface area contributed by atoms with Crippen LogP contribution in [0.5, 0.6) is 0 Å². The number of rotatable bonds is 9. The van der Waals surface area contributed by atoms with Crippen molar-refractivity contribution in [1.29, 1.82) is 0 Å². The third-order valence-corrected chi connectivity index (χ3v) is 5.50. The minimum absolute atomic E-state index is 0.0599. The molecule has 1 fully saturated rings. The molecule has 0 bridgehead atoms. The fourth-order valence-electron chi connectivity index (χ4n) is 1.98. The quantitative estimate of drug-likeness (QED) is 0.697. The zero-order valence-electron chi connectivity index (χ0n) is 12.4. The van der Waals surface area contributed by atoms with Crippen LogP contribution in [0, 0.1) is 5.92 Å². The molecule has 2 rings (SSSR count). The summed E-state index contributed by atoms with van der Waals surface area (Å²) < 4.78 is 31.5. The number of aliphatic hydroxyl groups is 1. The summed E-state index contributed by atoms with van der Waals surface area (Å²) in [6.07, 6.45) is 2.99. The second kappa shape index (κ2) is 7.35. The molecule has 0 aliphatic heterocycles. The molecule has 0 radical (unpaired) electrons. The summed E-state index contributed by atoms with van der Waals surface area (Å²) in [5, 5.41) is 8.86. The number of nitrogens with zero attached hydrogens (tertiary/aromatic N) is 1. The van der Waals surface area contributed by atoms with Gasteiger partial charge in [-0.15, -0.1) is 0 Å². The van der Waals surface area contributed by atoms with Crippen molar-refractivity contribution in [3.8, 4) is 0 Å². The first-order chi connectivity index (χ1) is 10.0. The van der Waals surface area contributed by atoms with Crippen LogP contribution >= 0.6 is 0 Å².